The summed E-state index contributed by atoms with van der Waals surface area (Å²) in [6.45, 7) is 1.85. The van der Waals surface area contributed by atoms with Gasteiger partial charge in [-0.25, -0.2) is 4.79 Å². The normalized spacial score (nSPS) is 12.5. The van der Waals surface area contributed by atoms with Crippen molar-refractivity contribution in [1.29, 1.82) is 0 Å². The molecule has 0 aliphatic heterocycles. The number of rotatable bonds is 8. The van der Waals surface area contributed by atoms with E-state index in [1.54, 1.807) is 49.4 Å². The van der Waals surface area contributed by atoms with Crippen LogP contribution in [-0.2, 0) is 25.8 Å². The lowest BCUT2D eigenvalue weighted by atomic mass is 10.0. The zero-order chi connectivity index (χ0) is 21.2. The summed E-state index contributed by atoms with van der Waals surface area (Å²) < 4.78 is 17.6. The molecule has 0 fully saturated rings. The molecule has 2 rings (SSSR count). The van der Waals surface area contributed by atoms with Crippen molar-refractivity contribution in [1.82, 2.24) is 0 Å². The molecule has 0 atom stereocenters. The third kappa shape index (κ3) is 6.43. The van der Waals surface area contributed by atoms with E-state index in [4.69, 9.17) is 26.0 Å². The predicted molar refractivity (Wildman–Crippen MR) is 110 cm³/mol. The fourth-order valence-electron chi connectivity index (χ4n) is 2.49. The minimum absolute atomic E-state index is 0.0255. The molecule has 8 heteroatoms. The van der Waals surface area contributed by atoms with Gasteiger partial charge >= 0.3 is 5.97 Å². The van der Waals surface area contributed by atoms with E-state index < -0.39 is 11.3 Å². The molecule has 0 aliphatic carbocycles. The van der Waals surface area contributed by atoms with Crippen LogP contribution in [-0.4, -0.2) is 31.6 Å². The summed E-state index contributed by atoms with van der Waals surface area (Å²) in [6.07, 6.45) is 1.21. The maximum absolute atomic E-state index is 12.9. The molecule has 0 saturated carbocycles. The van der Waals surface area contributed by atoms with E-state index in [9.17, 15) is 9.18 Å². The average Bonchev–Trinajstić information content (AvgIpc) is 2.71. The second-order valence-corrected chi connectivity index (χ2v) is 6.14. The lowest BCUT2D eigenvalue weighted by Gasteiger charge is -2.10. The molecular weight excluding hydrogens is 399 g/mol. The highest BCUT2D eigenvalue weighted by molar-refractivity contribution is 6.43. The molecule has 0 N–H and O–H groups in total. The van der Waals surface area contributed by atoms with E-state index in [2.05, 4.69) is 10.3 Å². The van der Waals surface area contributed by atoms with Crippen LogP contribution < -0.4 is 0 Å². The number of halogens is 2. The third-order valence-electron chi connectivity index (χ3n) is 3.84. The summed E-state index contributed by atoms with van der Waals surface area (Å²) in [5.74, 6) is -0.629. The van der Waals surface area contributed by atoms with Gasteiger partial charge in [-0.3, -0.25) is 0 Å². The number of nitrogens with zero attached hydrogens (tertiary/aromatic N) is 2. The Bertz CT molecular complexity index is 953. The number of methoxy groups -OCH3 is 1. The van der Waals surface area contributed by atoms with Crippen LogP contribution in [0.15, 0.2) is 64.1 Å². The van der Waals surface area contributed by atoms with Gasteiger partial charge in [0.25, 0.3) is 0 Å². The van der Waals surface area contributed by atoms with Gasteiger partial charge in [0.1, 0.15) is 13.7 Å². The molecule has 0 amide bonds. The molecule has 29 heavy (non-hydrogen) atoms. The Balaban J connectivity index is 2.19. The second-order valence-electron chi connectivity index (χ2n) is 5.78. The van der Waals surface area contributed by atoms with Crippen LogP contribution in [0.1, 0.15) is 29.2 Å². The zero-order valence-corrected chi connectivity index (χ0v) is 16.9. The number of hydrogen-bond acceptors (Lipinski definition) is 6. The number of benzene rings is 2. The molecule has 0 aliphatic rings. The van der Waals surface area contributed by atoms with Gasteiger partial charge in [0.05, 0.1) is 12.8 Å². The van der Waals surface area contributed by atoms with Gasteiger partial charge in [-0.05, 0) is 30.2 Å². The average molecular weight is 419 g/mol. The third-order valence-corrected chi connectivity index (χ3v) is 3.94. The number of hydrogen-bond donors (Lipinski definition) is 0. The van der Waals surface area contributed by atoms with Crippen molar-refractivity contribution in [3.8, 4) is 0 Å². The van der Waals surface area contributed by atoms with Crippen LogP contribution in [0.3, 0.4) is 0 Å². The summed E-state index contributed by atoms with van der Waals surface area (Å²) in [5, 5.41) is 7.05. The molecule has 0 bridgehead atoms. The Hall–Kier alpha value is -3.19. The van der Waals surface area contributed by atoms with Crippen LogP contribution in [0.4, 0.5) is 4.39 Å². The summed E-state index contributed by atoms with van der Waals surface area (Å²) in [4.78, 5) is 22.2. The lowest BCUT2D eigenvalue weighted by Crippen LogP contribution is -2.19. The van der Waals surface area contributed by atoms with Crippen LogP contribution in [0.25, 0.3) is 6.08 Å². The Kier molecular flexibility index (Phi) is 8.36. The first kappa shape index (κ1) is 22.1. The zero-order valence-electron chi connectivity index (χ0n) is 16.2. The van der Waals surface area contributed by atoms with Gasteiger partial charge in [-0.2, -0.15) is 4.39 Å². The molecule has 0 saturated heterocycles. The summed E-state index contributed by atoms with van der Waals surface area (Å²) in [7, 11) is 2.61. The van der Waals surface area contributed by atoms with Gasteiger partial charge in [0.2, 0.25) is 0 Å². The Morgan fingerprint density at radius 1 is 1.14 bits per heavy atom. The number of carbonyl (C=O) groups excluding carboxylic acids is 1. The van der Waals surface area contributed by atoms with E-state index in [0.717, 1.165) is 5.56 Å². The van der Waals surface area contributed by atoms with E-state index in [1.807, 2.05) is 6.07 Å². The van der Waals surface area contributed by atoms with Crippen LogP contribution in [0.2, 0.25) is 0 Å². The largest absolute Gasteiger partial charge is 0.464 e. The fourth-order valence-corrected chi connectivity index (χ4v) is 2.62. The van der Waals surface area contributed by atoms with Gasteiger partial charge < -0.3 is 14.4 Å². The predicted octanol–water partition coefficient (Wildman–Crippen LogP) is 4.66. The highest BCUT2D eigenvalue weighted by Crippen LogP contribution is 2.15. The highest BCUT2D eigenvalue weighted by Gasteiger charge is 2.19. The highest BCUT2D eigenvalue weighted by atomic mass is 35.5. The van der Waals surface area contributed by atoms with E-state index in [-0.39, 0.29) is 12.3 Å². The summed E-state index contributed by atoms with van der Waals surface area (Å²) in [6, 6.07) is 14.1. The molecule has 152 valence electrons. The maximum atomic E-state index is 12.9. The first-order chi connectivity index (χ1) is 14.0. The van der Waals surface area contributed by atoms with Crippen molar-refractivity contribution >= 4 is 35.1 Å². The Labute approximate surface area is 173 Å². The minimum Gasteiger partial charge on any atom is -0.464 e. The first-order valence-corrected chi connectivity index (χ1v) is 8.91. The van der Waals surface area contributed by atoms with Crippen LogP contribution >= 0.6 is 11.6 Å². The summed E-state index contributed by atoms with van der Waals surface area (Å²) >= 11 is 5.28. The van der Waals surface area contributed by atoms with E-state index >= 15 is 0 Å². The molecule has 2 aromatic carbocycles. The van der Waals surface area contributed by atoms with Crippen molar-refractivity contribution in [3.63, 3.8) is 0 Å². The van der Waals surface area contributed by atoms with E-state index in [0.29, 0.717) is 22.4 Å². The van der Waals surface area contributed by atoms with Crippen molar-refractivity contribution in [2.45, 2.75) is 13.5 Å². The molecule has 2 aromatic rings. The molecule has 0 aromatic heterocycles. The van der Waals surface area contributed by atoms with Gasteiger partial charge in [0.15, 0.2) is 11.0 Å². The Morgan fingerprint density at radius 3 is 2.59 bits per heavy atom. The number of oxime groups is 2. The Morgan fingerprint density at radius 2 is 1.90 bits per heavy atom. The topological polar surface area (TPSA) is 69.5 Å². The number of ether oxygens (including phenoxy) is 1. The van der Waals surface area contributed by atoms with E-state index in [1.165, 1.54) is 20.3 Å². The minimum atomic E-state index is -0.802. The van der Waals surface area contributed by atoms with Crippen molar-refractivity contribution < 1.29 is 23.6 Å². The van der Waals surface area contributed by atoms with Gasteiger partial charge in [-0.1, -0.05) is 64.4 Å². The fraction of sp³-hybridized carbons (Fsp3) is 0.190. The van der Waals surface area contributed by atoms with Gasteiger partial charge in [0, 0.05) is 11.1 Å². The first-order valence-electron chi connectivity index (χ1n) is 8.53. The van der Waals surface area contributed by atoms with Crippen molar-refractivity contribution in [2.75, 3.05) is 14.2 Å². The second kappa shape index (κ2) is 11.0. The summed E-state index contributed by atoms with van der Waals surface area (Å²) in [5.41, 5.74) is 3.16. The molecule has 0 unspecified atom stereocenters. The quantitative estimate of drug-likeness (QED) is 0.355. The van der Waals surface area contributed by atoms with Crippen LogP contribution in [0, 0.1) is 0 Å². The van der Waals surface area contributed by atoms with Crippen molar-refractivity contribution in [2.24, 2.45) is 10.3 Å². The molecular formula is C21H20ClFN2O4. The van der Waals surface area contributed by atoms with Gasteiger partial charge in [-0.15, -0.1) is 0 Å². The maximum Gasteiger partial charge on any atom is 0.360 e. The number of carbonyl (C=O) groups is 1. The van der Waals surface area contributed by atoms with Crippen LogP contribution in [0.5, 0.6) is 0 Å². The SMILES string of the molecule is CO/N=C(/C(=O)OC)c1ccccc1CON=C(C)c1cccc(C=C(F)Cl)c1. The molecule has 0 heterocycles. The number of esters is 1. The standard InChI is InChI=1S/C21H20ClFN2O4/c1-14(16-9-6-7-15(11-16)12-19(22)23)24-29-13-17-8-4-5-10-18(17)20(25-28-3)21(26)27-2/h4-12H,13H2,1-3H3/b19-12?,24-14?,25-20+. The smallest absolute Gasteiger partial charge is 0.360 e. The molecule has 0 spiro atoms. The molecule has 6 nitrogen and oxygen atoms in total. The lowest BCUT2D eigenvalue weighted by molar-refractivity contribution is -0.132. The van der Waals surface area contributed by atoms with Crippen molar-refractivity contribution in [3.05, 3.63) is 76.1 Å². The molecule has 0 radical (unpaired) electrons. The monoisotopic (exact) mass is 418 g/mol.